The lowest BCUT2D eigenvalue weighted by molar-refractivity contribution is 0.368. The summed E-state index contributed by atoms with van der Waals surface area (Å²) >= 11 is 0. The number of halogens is 4. The topological polar surface area (TPSA) is 0 Å². The van der Waals surface area contributed by atoms with E-state index in [-0.39, 0.29) is 0 Å². The fraction of sp³-hybridized carbons (Fsp3) is 0.250. The van der Waals surface area contributed by atoms with E-state index in [0.29, 0.717) is 0 Å². The molecule has 2 aromatic rings. The van der Waals surface area contributed by atoms with E-state index < -0.39 is 7.25 Å². The van der Waals surface area contributed by atoms with Gasteiger partial charge in [0.05, 0.1) is 19.7 Å². The molecule has 0 aliphatic carbocycles. The van der Waals surface area contributed by atoms with E-state index in [9.17, 15) is 17.3 Å². The van der Waals surface area contributed by atoms with E-state index in [0.717, 1.165) is 4.48 Å². The van der Waals surface area contributed by atoms with Crippen molar-refractivity contribution < 1.29 is 17.3 Å². The molecule has 0 atom stereocenters. The normalized spacial score (nSPS) is 16.4. The van der Waals surface area contributed by atoms with E-state index in [1.165, 1.54) is 33.3 Å². The molecular weight excluding hydrogens is 293 g/mol. The molecule has 0 unspecified atom stereocenters. The first-order valence-corrected chi connectivity index (χ1v) is 6.95. The smallest absolute Gasteiger partial charge is 0.418 e. The summed E-state index contributed by atoms with van der Waals surface area (Å²) in [6.45, 7) is 4.48. The van der Waals surface area contributed by atoms with Crippen LogP contribution < -0.4 is 4.48 Å². The predicted octanol–water partition coefficient (Wildman–Crippen LogP) is 5.47. The molecular formula is C16H18BF4N. The van der Waals surface area contributed by atoms with Crippen LogP contribution in [0, 0.1) is 0 Å². The fourth-order valence-electron chi connectivity index (χ4n) is 2.90. The maximum absolute atomic E-state index is 9.75. The lowest BCUT2D eigenvalue weighted by Crippen LogP contribution is -2.35. The number of fused-ring (bicyclic) bond motifs is 3. The number of quaternary nitrogens is 1. The van der Waals surface area contributed by atoms with Crippen LogP contribution in [-0.2, 0) is 0 Å². The molecule has 0 saturated carbocycles. The second-order valence-electron chi connectivity index (χ2n) is 5.84. The first-order chi connectivity index (χ1) is 10.0. The lowest BCUT2D eigenvalue weighted by atomic mass is 9.99. The molecule has 1 aliphatic rings. The number of allylic oxidation sites excluding steroid dienone is 2. The third-order valence-electron chi connectivity index (χ3n) is 4.27. The van der Waals surface area contributed by atoms with Crippen LogP contribution >= 0.6 is 0 Å². The van der Waals surface area contributed by atoms with E-state index in [4.69, 9.17) is 0 Å². The summed E-state index contributed by atoms with van der Waals surface area (Å²) in [5.41, 5.74) is 5.72. The van der Waals surface area contributed by atoms with Crippen molar-refractivity contribution in [2.45, 2.75) is 13.8 Å². The molecule has 1 nitrogen and oxygen atoms in total. The van der Waals surface area contributed by atoms with Crippen molar-refractivity contribution in [3.05, 3.63) is 47.7 Å². The van der Waals surface area contributed by atoms with Gasteiger partial charge in [-0.25, -0.2) is 0 Å². The van der Waals surface area contributed by atoms with Crippen LogP contribution in [0.5, 0.6) is 0 Å². The zero-order valence-corrected chi connectivity index (χ0v) is 13.0. The van der Waals surface area contributed by atoms with Crippen LogP contribution in [-0.4, -0.2) is 21.3 Å². The molecule has 1 heterocycles. The molecule has 0 saturated heterocycles. The second-order valence-corrected chi connectivity index (χ2v) is 5.84. The van der Waals surface area contributed by atoms with Crippen LogP contribution in [0.1, 0.15) is 19.4 Å². The highest BCUT2D eigenvalue weighted by Gasteiger charge is 2.35. The van der Waals surface area contributed by atoms with Gasteiger partial charge in [-0.2, -0.15) is 0 Å². The Morgan fingerprint density at radius 1 is 0.864 bits per heavy atom. The quantitative estimate of drug-likeness (QED) is 0.344. The lowest BCUT2D eigenvalue weighted by Gasteiger charge is -2.26. The fourth-order valence-corrected chi connectivity index (χ4v) is 2.90. The molecule has 22 heavy (non-hydrogen) atoms. The first kappa shape index (κ1) is 16.6. The second kappa shape index (κ2) is 5.43. The van der Waals surface area contributed by atoms with Gasteiger partial charge >= 0.3 is 7.25 Å². The van der Waals surface area contributed by atoms with E-state index in [1.807, 2.05) is 0 Å². The number of benzene rings is 2. The SMILES string of the molecule is CC1=C(C)[N+](C)(C)c2ccc3ccccc3c21.F[B-](F)(F)F. The number of hydrogen-bond donors (Lipinski definition) is 0. The molecule has 2 aromatic carbocycles. The molecule has 118 valence electrons. The molecule has 0 fully saturated rings. The molecule has 1 aliphatic heterocycles. The third-order valence-corrected chi connectivity index (χ3v) is 4.27. The molecule has 0 radical (unpaired) electrons. The van der Waals surface area contributed by atoms with Gasteiger partial charge in [-0.1, -0.05) is 24.3 Å². The molecule has 6 heteroatoms. The van der Waals surface area contributed by atoms with E-state index >= 15 is 0 Å². The Bertz CT molecular complexity index is 741. The molecule has 0 aromatic heterocycles. The highest BCUT2D eigenvalue weighted by atomic mass is 19.5. The Morgan fingerprint density at radius 2 is 1.41 bits per heavy atom. The zero-order valence-electron chi connectivity index (χ0n) is 13.0. The van der Waals surface area contributed by atoms with Gasteiger partial charge in [0.2, 0.25) is 0 Å². The van der Waals surface area contributed by atoms with Crippen molar-refractivity contribution in [1.82, 2.24) is 4.48 Å². The molecule has 0 amide bonds. The third kappa shape index (κ3) is 3.02. The number of rotatable bonds is 0. The van der Waals surface area contributed by atoms with Crippen molar-refractivity contribution in [3.8, 4) is 0 Å². The summed E-state index contributed by atoms with van der Waals surface area (Å²) in [5.74, 6) is 0. The van der Waals surface area contributed by atoms with Gasteiger partial charge < -0.3 is 17.3 Å². The molecule has 0 bridgehead atoms. The van der Waals surface area contributed by atoms with Crippen molar-refractivity contribution in [2.75, 3.05) is 14.1 Å². The highest BCUT2D eigenvalue weighted by molar-refractivity contribution is 6.50. The average Bonchev–Trinajstić information content (AvgIpc) is 2.58. The minimum Gasteiger partial charge on any atom is -0.418 e. The Balaban J connectivity index is 0.000000309. The van der Waals surface area contributed by atoms with Crippen molar-refractivity contribution >= 4 is 29.3 Å². The van der Waals surface area contributed by atoms with Gasteiger partial charge in [0.15, 0.2) is 0 Å². The summed E-state index contributed by atoms with van der Waals surface area (Å²) in [6, 6.07) is 13.2. The van der Waals surface area contributed by atoms with Crippen molar-refractivity contribution in [2.24, 2.45) is 0 Å². The molecule has 0 spiro atoms. The maximum atomic E-state index is 9.75. The van der Waals surface area contributed by atoms with Crippen molar-refractivity contribution in [3.63, 3.8) is 0 Å². The van der Waals surface area contributed by atoms with Crippen LogP contribution in [0.4, 0.5) is 23.0 Å². The van der Waals surface area contributed by atoms with Gasteiger partial charge in [-0.3, -0.25) is 4.48 Å². The van der Waals surface area contributed by atoms with Crippen LogP contribution in [0.25, 0.3) is 16.3 Å². The Hall–Kier alpha value is -1.82. The van der Waals surface area contributed by atoms with Crippen molar-refractivity contribution in [1.29, 1.82) is 0 Å². The molecule has 3 rings (SSSR count). The summed E-state index contributed by atoms with van der Waals surface area (Å²) in [5, 5.41) is 2.71. The van der Waals surface area contributed by atoms with Gasteiger partial charge in [0, 0.05) is 18.6 Å². The average molecular weight is 311 g/mol. The van der Waals surface area contributed by atoms with Crippen LogP contribution in [0.15, 0.2) is 42.1 Å². The summed E-state index contributed by atoms with van der Waals surface area (Å²) in [7, 11) is -1.47. The van der Waals surface area contributed by atoms with E-state index in [1.54, 1.807) is 0 Å². The number of nitrogens with zero attached hydrogens (tertiary/aromatic N) is 1. The van der Waals surface area contributed by atoms with E-state index in [2.05, 4.69) is 64.3 Å². The Kier molecular flexibility index (Phi) is 4.08. The van der Waals surface area contributed by atoms with Gasteiger partial charge in [-0.15, -0.1) is 0 Å². The maximum Gasteiger partial charge on any atom is 0.673 e. The van der Waals surface area contributed by atoms with Gasteiger partial charge in [0.25, 0.3) is 0 Å². The highest BCUT2D eigenvalue weighted by Crippen LogP contribution is 2.45. The Labute approximate surface area is 127 Å². The minimum absolute atomic E-state index is 0.881. The summed E-state index contributed by atoms with van der Waals surface area (Å²) in [6.07, 6.45) is 0. The zero-order chi connectivity index (χ0) is 16.7. The minimum atomic E-state index is -6.00. The van der Waals surface area contributed by atoms with Gasteiger partial charge in [-0.05, 0) is 23.8 Å². The number of hydrogen-bond acceptors (Lipinski definition) is 0. The summed E-state index contributed by atoms with van der Waals surface area (Å²) < 4.78 is 39.9. The van der Waals surface area contributed by atoms with Crippen LogP contribution in [0.2, 0.25) is 0 Å². The largest absolute Gasteiger partial charge is 0.673 e. The first-order valence-electron chi connectivity index (χ1n) is 6.95. The van der Waals surface area contributed by atoms with Crippen LogP contribution in [0.3, 0.4) is 0 Å². The summed E-state index contributed by atoms with van der Waals surface area (Å²) in [4.78, 5) is 0. The monoisotopic (exact) mass is 311 g/mol. The Morgan fingerprint density at radius 3 is 2.00 bits per heavy atom. The molecule has 0 N–H and O–H groups in total. The van der Waals surface area contributed by atoms with Gasteiger partial charge in [0.1, 0.15) is 11.4 Å². The predicted molar refractivity (Wildman–Crippen MR) is 86.0 cm³/mol. The standard InChI is InChI=1S/C16H18N.BF4/c1-11-12(2)17(3,4)15-10-9-13-7-5-6-8-14(13)16(11)15;2-1(3,4)5/h5-10H,1-4H3;/q+1;-1.